The standard InChI is InChI=1S/C14H24N2O3/c1-14(7-3-2-4-8-14)16-13(19)15-11-6-5-10(9-11)12(17)18/h10-11H,2-9H2,1H3,(H,17,18)(H2,15,16,19)/t10-,11+/m1/s1. The smallest absolute Gasteiger partial charge is 0.315 e. The Morgan fingerprint density at radius 3 is 2.42 bits per heavy atom. The zero-order chi connectivity index (χ0) is 13.9. The summed E-state index contributed by atoms with van der Waals surface area (Å²) in [5.74, 6) is -1.04. The predicted octanol–water partition coefficient (Wildman–Crippen LogP) is 2.26. The van der Waals surface area contributed by atoms with Gasteiger partial charge >= 0.3 is 12.0 Å². The number of carboxylic acid groups (broad SMARTS) is 1. The third-order valence-corrected chi connectivity index (χ3v) is 4.49. The maximum absolute atomic E-state index is 12.0. The molecule has 19 heavy (non-hydrogen) atoms. The Labute approximate surface area is 114 Å². The highest BCUT2D eigenvalue weighted by Gasteiger charge is 2.32. The number of hydrogen-bond acceptors (Lipinski definition) is 2. The number of aliphatic carboxylic acids is 1. The van der Waals surface area contributed by atoms with Gasteiger partial charge in [0.05, 0.1) is 5.92 Å². The van der Waals surface area contributed by atoms with Crippen molar-refractivity contribution in [3.05, 3.63) is 0 Å². The van der Waals surface area contributed by atoms with E-state index in [9.17, 15) is 9.59 Å². The van der Waals surface area contributed by atoms with Crippen LogP contribution in [-0.4, -0.2) is 28.7 Å². The Hall–Kier alpha value is -1.26. The van der Waals surface area contributed by atoms with Gasteiger partial charge in [-0.3, -0.25) is 4.79 Å². The number of nitrogens with one attached hydrogen (secondary N) is 2. The maximum atomic E-state index is 12.0. The van der Waals surface area contributed by atoms with Gasteiger partial charge in [0.1, 0.15) is 0 Å². The molecule has 0 spiro atoms. The molecule has 2 atom stereocenters. The van der Waals surface area contributed by atoms with Crippen molar-refractivity contribution in [2.45, 2.75) is 69.9 Å². The van der Waals surface area contributed by atoms with Crippen LogP contribution >= 0.6 is 0 Å². The zero-order valence-electron chi connectivity index (χ0n) is 11.6. The number of hydrogen-bond donors (Lipinski definition) is 3. The highest BCUT2D eigenvalue weighted by molar-refractivity contribution is 5.75. The van der Waals surface area contributed by atoms with Crippen LogP contribution in [0, 0.1) is 5.92 Å². The number of rotatable bonds is 3. The molecule has 5 heteroatoms. The molecule has 3 N–H and O–H groups in total. The molecular formula is C14H24N2O3. The number of carbonyl (C=O) groups is 2. The molecule has 0 aromatic rings. The fourth-order valence-electron chi connectivity index (χ4n) is 3.29. The quantitative estimate of drug-likeness (QED) is 0.734. The van der Waals surface area contributed by atoms with Crippen LogP contribution in [0.3, 0.4) is 0 Å². The van der Waals surface area contributed by atoms with Gasteiger partial charge in [0.2, 0.25) is 0 Å². The van der Waals surface area contributed by atoms with Crippen LogP contribution < -0.4 is 10.6 Å². The van der Waals surface area contributed by atoms with E-state index >= 15 is 0 Å². The summed E-state index contributed by atoms with van der Waals surface area (Å²) in [6, 6.07) is -0.131. The summed E-state index contributed by atoms with van der Waals surface area (Å²) in [6.07, 6.45) is 7.63. The highest BCUT2D eigenvalue weighted by Crippen LogP contribution is 2.28. The molecule has 2 rings (SSSR count). The minimum Gasteiger partial charge on any atom is -0.481 e. The second-order valence-corrected chi connectivity index (χ2v) is 6.26. The molecule has 0 bridgehead atoms. The predicted molar refractivity (Wildman–Crippen MR) is 71.9 cm³/mol. The van der Waals surface area contributed by atoms with Crippen molar-refractivity contribution in [3.63, 3.8) is 0 Å². The van der Waals surface area contributed by atoms with Crippen LogP contribution in [0.5, 0.6) is 0 Å². The average molecular weight is 268 g/mol. The molecular weight excluding hydrogens is 244 g/mol. The van der Waals surface area contributed by atoms with Crippen molar-refractivity contribution in [1.29, 1.82) is 0 Å². The monoisotopic (exact) mass is 268 g/mol. The zero-order valence-corrected chi connectivity index (χ0v) is 11.6. The molecule has 0 saturated heterocycles. The van der Waals surface area contributed by atoms with E-state index in [1.165, 1.54) is 19.3 Å². The van der Waals surface area contributed by atoms with E-state index in [-0.39, 0.29) is 23.5 Å². The molecule has 0 unspecified atom stereocenters. The second kappa shape index (κ2) is 5.80. The molecule has 0 aliphatic heterocycles. The van der Waals surface area contributed by atoms with Crippen LogP contribution in [0.4, 0.5) is 4.79 Å². The molecule has 0 aromatic heterocycles. The lowest BCUT2D eigenvalue weighted by atomic mass is 9.83. The summed E-state index contributed by atoms with van der Waals surface area (Å²) in [5.41, 5.74) is -0.0901. The highest BCUT2D eigenvalue weighted by atomic mass is 16.4. The molecule has 5 nitrogen and oxygen atoms in total. The third-order valence-electron chi connectivity index (χ3n) is 4.49. The molecule has 0 heterocycles. The minimum absolute atomic E-state index is 0.00768. The third kappa shape index (κ3) is 3.85. The van der Waals surface area contributed by atoms with Crippen LogP contribution in [0.2, 0.25) is 0 Å². The SMILES string of the molecule is CC1(NC(=O)N[C@H]2CC[C@@H](C(=O)O)C2)CCCCC1. The van der Waals surface area contributed by atoms with Crippen molar-refractivity contribution in [1.82, 2.24) is 10.6 Å². The van der Waals surface area contributed by atoms with E-state index in [4.69, 9.17) is 5.11 Å². The molecule has 2 aliphatic carbocycles. The van der Waals surface area contributed by atoms with Crippen LogP contribution in [-0.2, 0) is 4.79 Å². The lowest BCUT2D eigenvalue weighted by molar-refractivity contribution is -0.141. The lowest BCUT2D eigenvalue weighted by Crippen LogP contribution is -2.52. The number of urea groups is 1. The molecule has 2 fully saturated rings. The topological polar surface area (TPSA) is 78.4 Å². The molecule has 2 aliphatic rings. The average Bonchev–Trinajstić information content (AvgIpc) is 2.77. The fourth-order valence-corrected chi connectivity index (χ4v) is 3.29. The molecule has 0 aromatic carbocycles. The fraction of sp³-hybridized carbons (Fsp3) is 0.857. The van der Waals surface area contributed by atoms with Gasteiger partial charge in [0, 0.05) is 11.6 Å². The summed E-state index contributed by atoms with van der Waals surface area (Å²) < 4.78 is 0. The second-order valence-electron chi connectivity index (χ2n) is 6.26. The Morgan fingerprint density at radius 2 is 1.84 bits per heavy atom. The van der Waals surface area contributed by atoms with Gasteiger partial charge < -0.3 is 15.7 Å². The van der Waals surface area contributed by atoms with Crippen LogP contribution in [0.25, 0.3) is 0 Å². The van der Waals surface area contributed by atoms with Gasteiger partial charge in [0.15, 0.2) is 0 Å². The Morgan fingerprint density at radius 1 is 1.16 bits per heavy atom. The summed E-state index contributed by atoms with van der Waals surface area (Å²) in [5, 5.41) is 14.9. The molecule has 2 amide bonds. The largest absolute Gasteiger partial charge is 0.481 e. The van der Waals surface area contributed by atoms with Gasteiger partial charge in [-0.05, 0) is 39.0 Å². The van der Waals surface area contributed by atoms with Crippen LogP contribution in [0.1, 0.15) is 58.3 Å². The van der Waals surface area contributed by atoms with Crippen LogP contribution in [0.15, 0.2) is 0 Å². The van der Waals surface area contributed by atoms with Crippen molar-refractivity contribution in [3.8, 4) is 0 Å². The van der Waals surface area contributed by atoms with E-state index in [1.807, 2.05) is 0 Å². The molecule has 108 valence electrons. The first kappa shape index (κ1) is 14.2. The van der Waals surface area contributed by atoms with Gasteiger partial charge in [-0.2, -0.15) is 0 Å². The van der Waals surface area contributed by atoms with Crippen molar-refractivity contribution < 1.29 is 14.7 Å². The van der Waals surface area contributed by atoms with Gasteiger partial charge in [-0.1, -0.05) is 19.3 Å². The number of carboxylic acids is 1. The Bertz CT molecular complexity index is 351. The molecule has 2 saturated carbocycles. The summed E-state index contributed by atoms with van der Waals surface area (Å²) in [7, 11) is 0. The summed E-state index contributed by atoms with van der Waals surface area (Å²) in [4.78, 5) is 22.9. The van der Waals surface area contributed by atoms with Gasteiger partial charge in [-0.15, -0.1) is 0 Å². The first-order valence-corrected chi connectivity index (χ1v) is 7.30. The number of carbonyl (C=O) groups excluding carboxylic acids is 1. The van der Waals surface area contributed by atoms with E-state index in [1.54, 1.807) is 0 Å². The normalized spacial score (nSPS) is 29.7. The van der Waals surface area contributed by atoms with E-state index in [0.29, 0.717) is 12.8 Å². The van der Waals surface area contributed by atoms with Crippen molar-refractivity contribution in [2.24, 2.45) is 5.92 Å². The van der Waals surface area contributed by atoms with Crippen molar-refractivity contribution >= 4 is 12.0 Å². The van der Waals surface area contributed by atoms with Gasteiger partial charge in [0.25, 0.3) is 0 Å². The minimum atomic E-state index is -0.746. The maximum Gasteiger partial charge on any atom is 0.315 e. The molecule has 0 radical (unpaired) electrons. The summed E-state index contributed by atoms with van der Waals surface area (Å²) in [6.45, 7) is 2.10. The summed E-state index contributed by atoms with van der Waals surface area (Å²) >= 11 is 0. The van der Waals surface area contributed by atoms with E-state index in [0.717, 1.165) is 19.3 Å². The van der Waals surface area contributed by atoms with Gasteiger partial charge in [-0.25, -0.2) is 4.79 Å². The Balaban J connectivity index is 1.77. The lowest BCUT2D eigenvalue weighted by Gasteiger charge is -2.34. The Kier molecular flexibility index (Phi) is 4.32. The van der Waals surface area contributed by atoms with E-state index < -0.39 is 5.97 Å². The van der Waals surface area contributed by atoms with E-state index in [2.05, 4.69) is 17.6 Å². The van der Waals surface area contributed by atoms with Crippen molar-refractivity contribution in [2.75, 3.05) is 0 Å². The number of amides is 2. The first-order valence-electron chi connectivity index (χ1n) is 7.30. The first-order chi connectivity index (χ1) is 8.98.